The number of pyridine rings is 1. The minimum absolute atomic E-state index is 0.0744. The van der Waals surface area contributed by atoms with Crippen LogP contribution in [0.15, 0.2) is 73.3 Å². The highest BCUT2D eigenvalue weighted by molar-refractivity contribution is 5.99. The largest absolute Gasteiger partial charge is 0.444 e. The molecule has 2 amide bonds. The molecule has 2 aromatic carbocycles. The second-order valence-electron chi connectivity index (χ2n) is 13.7. The van der Waals surface area contributed by atoms with Crippen molar-refractivity contribution in [2.45, 2.75) is 77.1 Å². The maximum absolute atomic E-state index is 13.0. The number of hydrogen-bond donors (Lipinski definition) is 2. The summed E-state index contributed by atoms with van der Waals surface area (Å²) >= 11 is 0. The Labute approximate surface area is 277 Å². The van der Waals surface area contributed by atoms with Gasteiger partial charge >= 0.3 is 6.09 Å². The van der Waals surface area contributed by atoms with E-state index in [1.54, 1.807) is 12.5 Å². The monoisotopic (exact) mass is 637 g/mol. The Bertz CT molecular complexity index is 1640. The molecule has 6 rings (SSSR count). The first-order valence-electron chi connectivity index (χ1n) is 16.9. The molecule has 248 valence electrons. The zero-order valence-electron chi connectivity index (χ0n) is 27.8. The maximum atomic E-state index is 13.0. The average molecular weight is 638 g/mol. The number of hydrogen-bond acceptors (Lipinski definition) is 7. The van der Waals surface area contributed by atoms with Gasteiger partial charge in [-0.15, -0.1) is 0 Å². The molecule has 0 atom stereocenters. The number of carbonyl (C=O) groups excluding carboxylic acids is 2. The molecule has 0 unspecified atom stereocenters. The molecule has 0 radical (unpaired) electrons. The van der Waals surface area contributed by atoms with Crippen molar-refractivity contribution in [2.24, 2.45) is 0 Å². The van der Waals surface area contributed by atoms with Gasteiger partial charge in [-0.1, -0.05) is 30.3 Å². The van der Waals surface area contributed by atoms with Gasteiger partial charge in [-0.25, -0.2) is 14.8 Å². The van der Waals surface area contributed by atoms with E-state index in [0.717, 1.165) is 92.7 Å². The van der Waals surface area contributed by atoms with E-state index < -0.39 is 5.60 Å². The number of aromatic nitrogens is 3. The Kier molecular flexibility index (Phi) is 10.1. The molecule has 0 aliphatic carbocycles. The summed E-state index contributed by atoms with van der Waals surface area (Å²) in [5.74, 6) is 0.925. The third-order valence-corrected chi connectivity index (χ3v) is 9.11. The van der Waals surface area contributed by atoms with Gasteiger partial charge in [0, 0.05) is 80.3 Å². The Balaban J connectivity index is 1.10. The lowest BCUT2D eigenvalue weighted by Gasteiger charge is -2.42. The number of aryl methyl sites for hydroxylation is 1. The van der Waals surface area contributed by atoms with E-state index in [2.05, 4.69) is 55.7 Å². The van der Waals surface area contributed by atoms with Crippen molar-refractivity contribution in [2.75, 3.05) is 37.6 Å². The van der Waals surface area contributed by atoms with Gasteiger partial charge in [-0.05, 0) is 82.7 Å². The number of benzene rings is 2. The highest BCUT2D eigenvalue weighted by Gasteiger charge is 2.30. The number of alkyl carbamates (subject to hydrolysis) is 1. The topological polar surface area (TPSA) is 105 Å². The molecule has 2 saturated heterocycles. The van der Waals surface area contributed by atoms with E-state index in [-0.39, 0.29) is 18.0 Å². The Morgan fingerprint density at radius 2 is 1.72 bits per heavy atom. The molecule has 4 aromatic rings. The summed E-state index contributed by atoms with van der Waals surface area (Å²) < 4.78 is 7.47. The van der Waals surface area contributed by atoms with E-state index in [9.17, 15) is 9.59 Å². The van der Waals surface area contributed by atoms with Crippen LogP contribution >= 0.6 is 0 Å². The number of imidazole rings is 1. The number of likely N-dealkylation sites (tertiary alicyclic amines) is 1. The zero-order chi connectivity index (χ0) is 32.8. The molecule has 4 heterocycles. The maximum Gasteiger partial charge on any atom is 0.407 e. The van der Waals surface area contributed by atoms with Crippen LogP contribution in [0, 0.1) is 0 Å². The molecular weight excluding hydrogens is 590 g/mol. The Hall–Kier alpha value is -4.44. The molecule has 10 nitrogen and oxygen atoms in total. The van der Waals surface area contributed by atoms with Crippen LogP contribution in [0.3, 0.4) is 0 Å². The quantitative estimate of drug-likeness (QED) is 0.221. The van der Waals surface area contributed by atoms with Gasteiger partial charge in [-0.2, -0.15) is 0 Å². The van der Waals surface area contributed by atoms with E-state index >= 15 is 0 Å². The van der Waals surface area contributed by atoms with Crippen LogP contribution in [0.4, 0.5) is 10.6 Å². The van der Waals surface area contributed by atoms with Crippen LogP contribution in [0.1, 0.15) is 63.2 Å². The highest BCUT2D eigenvalue weighted by atomic mass is 16.6. The third kappa shape index (κ3) is 8.48. The molecular formula is C37H47N7O3. The van der Waals surface area contributed by atoms with Crippen molar-refractivity contribution in [3.63, 3.8) is 0 Å². The second-order valence-corrected chi connectivity index (χ2v) is 13.7. The standard InChI is InChI=1S/C37H47N7O3/c1-37(2,3)47-36(46)40-30-12-19-43(20-13-30)31-14-21-44(22-15-31)34-32(27-8-5-4-6-9-27)25-29-24-28(10-11-33(29)41-34)35(45)39-16-7-18-42-23-17-38-26-42/h4-6,8-11,17,23-26,30-31H,7,12-16,18-22H2,1-3H3,(H,39,45)(H,40,46). The summed E-state index contributed by atoms with van der Waals surface area (Å²) in [5, 5.41) is 7.07. The lowest BCUT2D eigenvalue weighted by Crippen LogP contribution is -2.51. The number of piperidine rings is 2. The molecule has 47 heavy (non-hydrogen) atoms. The van der Waals surface area contributed by atoms with Gasteiger partial charge in [0.05, 0.1) is 11.8 Å². The van der Waals surface area contributed by atoms with E-state index in [4.69, 9.17) is 9.72 Å². The summed E-state index contributed by atoms with van der Waals surface area (Å²) in [6.07, 6.45) is 10.0. The molecule has 10 heteroatoms. The van der Waals surface area contributed by atoms with Crippen LogP contribution in [-0.4, -0.2) is 81.8 Å². The van der Waals surface area contributed by atoms with Crippen molar-refractivity contribution in [1.29, 1.82) is 0 Å². The average Bonchev–Trinajstić information content (AvgIpc) is 3.59. The first-order chi connectivity index (χ1) is 22.7. The number of carbonyl (C=O) groups is 2. The number of ether oxygens (including phenoxy) is 1. The van der Waals surface area contributed by atoms with Crippen molar-refractivity contribution in [3.05, 3.63) is 78.9 Å². The Morgan fingerprint density at radius 1 is 0.957 bits per heavy atom. The van der Waals surface area contributed by atoms with Crippen LogP contribution < -0.4 is 15.5 Å². The molecule has 2 N–H and O–H groups in total. The predicted molar refractivity (Wildman–Crippen MR) is 186 cm³/mol. The Morgan fingerprint density at radius 3 is 2.43 bits per heavy atom. The van der Waals surface area contributed by atoms with Gasteiger partial charge in [0.25, 0.3) is 5.91 Å². The third-order valence-electron chi connectivity index (χ3n) is 9.11. The lowest BCUT2D eigenvalue weighted by molar-refractivity contribution is 0.0463. The van der Waals surface area contributed by atoms with Gasteiger partial charge in [0.2, 0.25) is 0 Å². The second kappa shape index (κ2) is 14.5. The smallest absolute Gasteiger partial charge is 0.407 e. The molecule has 2 aliphatic heterocycles. The molecule has 2 aromatic heterocycles. The van der Waals surface area contributed by atoms with Gasteiger partial charge < -0.3 is 29.7 Å². The summed E-state index contributed by atoms with van der Waals surface area (Å²) in [7, 11) is 0. The first-order valence-corrected chi connectivity index (χ1v) is 16.9. The normalized spacial score (nSPS) is 16.7. The SMILES string of the molecule is CC(C)(C)OC(=O)NC1CCN(C2CCN(c3nc4ccc(C(=O)NCCCn5ccnc5)cc4cc3-c3ccccc3)CC2)CC1. The minimum atomic E-state index is -0.486. The molecule has 2 aliphatic rings. The van der Waals surface area contributed by atoms with Crippen LogP contribution in [0.2, 0.25) is 0 Å². The number of fused-ring (bicyclic) bond motifs is 1. The zero-order valence-corrected chi connectivity index (χ0v) is 27.8. The van der Waals surface area contributed by atoms with Gasteiger partial charge in [0.15, 0.2) is 0 Å². The molecule has 0 saturated carbocycles. The van der Waals surface area contributed by atoms with Crippen molar-refractivity contribution < 1.29 is 14.3 Å². The lowest BCUT2D eigenvalue weighted by atomic mass is 9.96. The number of anilines is 1. The fourth-order valence-corrected chi connectivity index (χ4v) is 6.69. The first kappa shape index (κ1) is 32.5. The molecule has 0 spiro atoms. The van der Waals surface area contributed by atoms with Crippen molar-refractivity contribution in [1.82, 2.24) is 30.1 Å². The summed E-state index contributed by atoms with van der Waals surface area (Å²) in [6, 6.07) is 19.1. The van der Waals surface area contributed by atoms with Gasteiger partial charge in [-0.3, -0.25) is 4.79 Å². The number of nitrogens with zero attached hydrogens (tertiary/aromatic N) is 5. The molecule has 2 fully saturated rings. The van der Waals surface area contributed by atoms with E-state index in [1.807, 2.05) is 55.8 Å². The number of amides is 2. The van der Waals surface area contributed by atoms with Crippen molar-refractivity contribution >= 4 is 28.7 Å². The summed E-state index contributed by atoms with van der Waals surface area (Å²) in [4.78, 5) is 39.5. The predicted octanol–water partition coefficient (Wildman–Crippen LogP) is 5.88. The highest BCUT2D eigenvalue weighted by Crippen LogP contribution is 2.35. The summed E-state index contributed by atoms with van der Waals surface area (Å²) in [6.45, 7) is 10.9. The van der Waals surface area contributed by atoms with E-state index in [1.165, 1.54) is 0 Å². The van der Waals surface area contributed by atoms with Crippen LogP contribution in [-0.2, 0) is 11.3 Å². The van der Waals surface area contributed by atoms with E-state index in [0.29, 0.717) is 18.2 Å². The number of nitrogens with one attached hydrogen (secondary N) is 2. The van der Waals surface area contributed by atoms with Crippen LogP contribution in [0.5, 0.6) is 0 Å². The summed E-state index contributed by atoms with van der Waals surface area (Å²) in [5.41, 5.74) is 3.24. The fraction of sp³-hybridized carbons (Fsp3) is 0.459. The molecule has 0 bridgehead atoms. The van der Waals surface area contributed by atoms with Gasteiger partial charge in [0.1, 0.15) is 11.4 Å². The minimum Gasteiger partial charge on any atom is -0.444 e. The fourth-order valence-electron chi connectivity index (χ4n) is 6.69. The van der Waals surface area contributed by atoms with Crippen molar-refractivity contribution in [3.8, 4) is 11.1 Å². The number of rotatable bonds is 9. The van der Waals surface area contributed by atoms with Crippen LogP contribution in [0.25, 0.3) is 22.0 Å².